The molecule has 0 aliphatic heterocycles. The Morgan fingerprint density at radius 2 is 1.82 bits per heavy atom. The van der Waals surface area contributed by atoms with Crippen molar-refractivity contribution in [1.82, 2.24) is 14.5 Å². The van der Waals surface area contributed by atoms with Crippen molar-refractivity contribution in [3.8, 4) is 0 Å². The first-order valence-corrected chi connectivity index (χ1v) is 9.71. The fourth-order valence-electron chi connectivity index (χ4n) is 2.86. The van der Waals surface area contributed by atoms with E-state index in [-0.39, 0.29) is 17.5 Å². The number of nitrogens with one attached hydrogen (secondary N) is 1. The zero-order valence-corrected chi connectivity index (χ0v) is 15.2. The second-order valence-electron chi connectivity index (χ2n) is 7.62. The Balaban J connectivity index is 2.36. The predicted octanol–water partition coefficient (Wildman–Crippen LogP) is 3.37. The van der Waals surface area contributed by atoms with Crippen LogP contribution in [0.3, 0.4) is 0 Å². The van der Waals surface area contributed by atoms with Gasteiger partial charge in [-0.2, -0.15) is 5.10 Å². The van der Waals surface area contributed by atoms with Gasteiger partial charge in [0.05, 0.1) is 5.69 Å². The number of hydrogen-bond donors (Lipinski definition) is 1. The minimum absolute atomic E-state index is 0.0639. The highest BCUT2D eigenvalue weighted by molar-refractivity contribution is 7.89. The summed E-state index contributed by atoms with van der Waals surface area (Å²) in [5.74, 6) is 0. The fourth-order valence-corrected chi connectivity index (χ4v) is 4.51. The van der Waals surface area contributed by atoms with Crippen LogP contribution < -0.4 is 4.72 Å². The quantitative estimate of drug-likeness (QED) is 0.922. The van der Waals surface area contributed by atoms with Crippen LogP contribution in [-0.4, -0.2) is 24.2 Å². The van der Waals surface area contributed by atoms with Gasteiger partial charge >= 0.3 is 0 Å². The Bertz CT molecular complexity index is 606. The highest BCUT2D eigenvalue weighted by Crippen LogP contribution is 2.29. The van der Waals surface area contributed by atoms with Gasteiger partial charge in [0.25, 0.3) is 0 Å². The van der Waals surface area contributed by atoms with Gasteiger partial charge in [-0.25, -0.2) is 13.1 Å². The van der Waals surface area contributed by atoms with Gasteiger partial charge in [0, 0.05) is 23.7 Å². The lowest BCUT2D eigenvalue weighted by Gasteiger charge is -2.23. The van der Waals surface area contributed by atoms with Crippen molar-refractivity contribution in [3.05, 3.63) is 11.9 Å². The second kappa shape index (κ2) is 6.32. The van der Waals surface area contributed by atoms with Gasteiger partial charge in [-0.1, -0.05) is 40.0 Å². The number of nitrogens with zero attached hydrogens (tertiary/aromatic N) is 2. The molecule has 126 valence electrons. The van der Waals surface area contributed by atoms with E-state index in [1.54, 1.807) is 10.9 Å². The predicted molar refractivity (Wildman–Crippen MR) is 88.5 cm³/mol. The lowest BCUT2D eigenvalue weighted by Crippen LogP contribution is -2.37. The molecular weight excluding hydrogens is 298 g/mol. The maximum absolute atomic E-state index is 12.8. The molecule has 2 rings (SSSR count). The molecule has 1 saturated carbocycles. The first-order chi connectivity index (χ1) is 10.1. The molecule has 1 heterocycles. The van der Waals surface area contributed by atoms with Crippen molar-refractivity contribution in [2.24, 2.45) is 0 Å². The van der Waals surface area contributed by atoms with Crippen molar-refractivity contribution in [3.63, 3.8) is 0 Å². The average Bonchev–Trinajstić information content (AvgIpc) is 2.85. The van der Waals surface area contributed by atoms with Gasteiger partial charge in [-0.15, -0.1) is 0 Å². The molecule has 0 saturated heterocycles. The summed E-state index contributed by atoms with van der Waals surface area (Å²) < 4.78 is 30.3. The molecule has 1 aromatic heterocycles. The van der Waals surface area contributed by atoms with Gasteiger partial charge in [-0.05, 0) is 26.7 Å². The third-order valence-corrected chi connectivity index (χ3v) is 5.68. The number of rotatable bonds is 4. The van der Waals surface area contributed by atoms with E-state index in [9.17, 15) is 8.42 Å². The van der Waals surface area contributed by atoms with E-state index in [0.717, 1.165) is 25.7 Å². The summed E-state index contributed by atoms with van der Waals surface area (Å²) in [7, 11) is -3.52. The molecule has 0 radical (unpaired) electrons. The average molecular weight is 327 g/mol. The van der Waals surface area contributed by atoms with Crippen molar-refractivity contribution >= 4 is 10.0 Å². The molecular formula is C16H29N3O2S. The molecule has 0 amide bonds. The normalized spacial score (nSPS) is 18.1. The minimum atomic E-state index is -3.52. The number of aromatic nitrogens is 2. The van der Waals surface area contributed by atoms with Crippen molar-refractivity contribution < 1.29 is 8.42 Å². The van der Waals surface area contributed by atoms with Crippen LogP contribution >= 0.6 is 0 Å². The van der Waals surface area contributed by atoms with Crippen LogP contribution in [0.4, 0.5) is 0 Å². The summed E-state index contributed by atoms with van der Waals surface area (Å²) in [4.78, 5) is 0.333. The largest absolute Gasteiger partial charge is 0.269 e. The van der Waals surface area contributed by atoms with Crippen LogP contribution in [0.2, 0.25) is 0 Å². The number of hydrogen-bond acceptors (Lipinski definition) is 3. The van der Waals surface area contributed by atoms with E-state index in [2.05, 4.69) is 9.82 Å². The lowest BCUT2D eigenvalue weighted by molar-refractivity contribution is 0.411. The summed E-state index contributed by atoms with van der Waals surface area (Å²) >= 11 is 0. The van der Waals surface area contributed by atoms with Crippen LogP contribution in [0.25, 0.3) is 0 Å². The third kappa shape index (κ3) is 3.90. The topological polar surface area (TPSA) is 64.0 Å². The fraction of sp³-hybridized carbons (Fsp3) is 0.812. The summed E-state index contributed by atoms with van der Waals surface area (Å²) in [5, 5.41) is 4.54. The summed E-state index contributed by atoms with van der Waals surface area (Å²) in [5.41, 5.74) is 0.334. The van der Waals surface area contributed by atoms with Crippen LogP contribution in [0.15, 0.2) is 11.1 Å². The summed E-state index contributed by atoms with van der Waals surface area (Å²) in [6.07, 6.45) is 6.95. The molecule has 1 aromatic rings. The molecule has 1 aliphatic rings. The molecule has 0 unspecified atom stereocenters. The van der Waals surface area contributed by atoms with E-state index in [1.807, 2.05) is 34.6 Å². The summed E-state index contributed by atoms with van der Waals surface area (Å²) in [6.45, 7) is 10.0. The molecule has 0 aromatic carbocycles. The third-order valence-electron chi connectivity index (χ3n) is 4.15. The standard InChI is InChI=1S/C16H29N3O2S/c1-12(2)19-11-14(15(17-19)16(3,4)5)22(20,21)18-13-9-7-6-8-10-13/h11-13,18H,6-10H2,1-5H3. The van der Waals surface area contributed by atoms with E-state index in [0.29, 0.717) is 10.6 Å². The first-order valence-electron chi connectivity index (χ1n) is 8.23. The Labute approximate surface area is 134 Å². The Morgan fingerprint density at radius 3 is 2.32 bits per heavy atom. The maximum Gasteiger partial charge on any atom is 0.244 e. The molecule has 6 heteroatoms. The Morgan fingerprint density at radius 1 is 1.23 bits per heavy atom. The molecule has 0 spiro atoms. The maximum atomic E-state index is 12.8. The molecule has 1 aliphatic carbocycles. The van der Waals surface area contributed by atoms with Crippen LogP contribution in [0, 0.1) is 0 Å². The highest BCUT2D eigenvalue weighted by atomic mass is 32.2. The Hall–Kier alpha value is -0.880. The van der Waals surface area contributed by atoms with Gasteiger partial charge in [0.15, 0.2) is 0 Å². The van der Waals surface area contributed by atoms with E-state index >= 15 is 0 Å². The van der Waals surface area contributed by atoms with Crippen LogP contribution in [0.5, 0.6) is 0 Å². The zero-order valence-electron chi connectivity index (χ0n) is 14.4. The molecule has 1 fully saturated rings. The molecule has 0 bridgehead atoms. The van der Waals surface area contributed by atoms with Crippen LogP contribution in [0.1, 0.15) is 78.5 Å². The van der Waals surface area contributed by atoms with Crippen molar-refractivity contribution in [2.45, 2.75) is 89.1 Å². The van der Waals surface area contributed by atoms with Gasteiger partial charge in [-0.3, -0.25) is 4.68 Å². The highest BCUT2D eigenvalue weighted by Gasteiger charge is 2.32. The van der Waals surface area contributed by atoms with Crippen molar-refractivity contribution in [1.29, 1.82) is 0 Å². The van der Waals surface area contributed by atoms with Gasteiger partial charge in [0.1, 0.15) is 4.90 Å². The van der Waals surface area contributed by atoms with E-state index in [1.165, 1.54) is 6.42 Å². The molecule has 22 heavy (non-hydrogen) atoms. The second-order valence-corrected chi connectivity index (χ2v) is 9.30. The monoisotopic (exact) mass is 327 g/mol. The molecule has 5 nitrogen and oxygen atoms in total. The first kappa shape index (κ1) is 17.5. The molecule has 1 N–H and O–H groups in total. The van der Waals surface area contributed by atoms with E-state index < -0.39 is 10.0 Å². The van der Waals surface area contributed by atoms with E-state index in [4.69, 9.17) is 0 Å². The van der Waals surface area contributed by atoms with Crippen molar-refractivity contribution in [2.75, 3.05) is 0 Å². The summed E-state index contributed by atoms with van der Waals surface area (Å²) in [6, 6.07) is 0.202. The van der Waals surface area contributed by atoms with Gasteiger partial charge < -0.3 is 0 Å². The van der Waals surface area contributed by atoms with Gasteiger partial charge in [0.2, 0.25) is 10.0 Å². The van der Waals surface area contributed by atoms with Crippen LogP contribution in [-0.2, 0) is 15.4 Å². The Kier molecular flexibility index (Phi) is 5.02. The number of sulfonamides is 1. The smallest absolute Gasteiger partial charge is 0.244 e. The lowest BCUT2D eigenvalue weighted by atomic mass is 9.92. The minimum Gasteiger partial charge on any atom is -0.269 e. The SMILES string of the molecule is CC(C)n1cc(S(=O)(=O)NC2CCCCC2)c(C(C)(C)C)n1. The zero-order chi connectivity index (χ0) is 16.5. The molecule has 0 atom stereocenters.